The molecule has 5 atom stereocenters. The number of nitriles is 1. The molecule has 6 nitrogen and oxygen atoms in total. The van der Waals surface area contributed by atoms with E-state index in [9.17, 15) is 19.6 Å². The van der Waals surface area contributed by atoms with E-state index >= 15 is 0 Å². The highest BCUT2D eigenvalue weighted by Gasteiger charge is 2.54. The molecule has 2 amide bonds. The van der Waals surface area contributed by atoms with Crippen molar-refractivity contribution in [2.24, 2.45) is 35.0 Å². The molecule has 5 unspecified atom stereocenters. The highest BCUT2D eigenvalue weighted by atomic mass is 16.5. The van der Waals surface area contributed by atoms with Gasteiger partial charge in [0.1, 0.15) is 6.10 Å². The van der Waals surface area contributed by atoms with Crippen LogP contribution in [0.2, 0.25) is 0 Å². The van der Waals surface area contributed by atoms with Gasteiger partial charge in [-0.15, -0.1) is 0 Å². The zero-order valence-corrected chi connectivity index (χ0v) is 20.9. The number of allylic oxidation sites excluding steroid dienone is 2. The topological polar surface area (TPSA) is 87.5 Å². The van der Waals surface area contributed by atoms with Gasteiger partial charge in [-0.3, -0.25) is 19.3 Å². The second-order valence-electron chi connectivity index (χ2n) is 10.8. The van der Waals surface area contributed by atoms with Crippen LogP contribution in [0.3, 0.4) is 0 Å². The fourth-order valence-corrected chi connectivity index (χ4v) is 6.17. The van der Waals surface area contributed by atoms with Crippen LogP contribution in [0, 0.1) is 46.3 Å². The number of hydrogen-bond donors (Lipinski definition) is 0. The molecule has 1 heterocycles. The van der Waals surface area contributed by atoms with Crippen LogP contribution in [0.1, 0.15) is 73.6 Å². The van der Waals surface area contributed by atoms with Crippen LogP contribution in [-0.2, 0) is 19.1 Å². The number of ether oxygens (including phenoxy) is 1. The lowest BCUT2D eigenvalue weighted by molar-refractivity contribution is -0.159. The van der Waals surface area contributed by atoms with Crippen LogP contribution in [0.5, 0.6) is 0 Å². The summed E-state index contributed by atoms with van der Waals surface area (Å²) in [4.78, 5) is 39.8. The van der Waals surface area contributed by atoms with E-state index in [1.165, 1.54) is 10.5 Å². The lowest BCUT2D eigenvalue weighted by atomic mass is 9.51. The number of carbonyl (C=O) groups is 3. The van der Waals surface area contributed by atoms with Crippen LogP contribution >= 0.6 is 0 Å². The minimum atomic E-state index is -0.376. The van der Waals surface area contributed by atoms with Gasteiger partial charge in [-0.1, -0.05) is 45.8 Å². The molecule has 3 aliphatic rings. The van der Waals surface area contributed by atoms with Gasteiger partial charge >= 0.3 is 5.97 Å². The van der Waals surface area contributed by atoms with Gasteiger partial charge in [0.2, 0.25) is 5.91 Å². The Labute approximate surface area is 198 Å². The maximum atomic E-state index is 13.0. The zero-order valence-electron chi connectivity index (χ0n) is 20.9. The third kappa shape index (κ3) is 4.78. The highest BCUT2D eigenvalue weighted by Crippen LogP contribution is 2.58. The average Bonchev–Trinajstić information content (AvgIpc) is 2.87. The van der Waals surface area contributed by atoms with E-state index in [4.69, 9.17) is 4.74 Å². The van der Waals surface area contributed by atoms with Crippen molar-refractivity contribution in [2.75, 3.05) is 6.54 Å². The number of fused-ring (bicyclic) bond motifs is 3. The Hall–Kier alpha value is -2.42. The molecule has 0 radical (unpaired) electrons. The van der Waals surface area contributed by atoms with Crippen LogP contribution in [0.4, 0.5) is 0 Å². The Morgan fingerprint density at radius 2 is 1.97 bits per heavy atom. The van der Waals surface area contributed by atoms with Crippen molar-refractivity contribution in [3.8, 4) is 6.07 Å². The SMILES string of the molecule is CC1=CC(OC(=O)C(C)C)C2C(CCC3=CC(=O)N(C(=O)C(C)C)CCC32C)C1CCC#N. The fraction of sp³-hybridized carbons (Fsp3) is 0.704. The van der Waals surface area contributed by atoms with Crippen LogP contribution < -0.4 is 0 Å². The van der Waals surface area contributed by atoms with Gasteiger partial charge in [0.15, 0.2) is 0 Å². The van der Waals surface area contributed by atoms with Gasteiger partial charge < -0.3 is 4.74 Å². The molecule has 0 aromatic heterocycles. The monoisotopic (exact) mass is 454 g/mol. The van der Waals surface area contributed by atoms with Crippen molar-refractivity contribution in [3.05, 3.63) is 23.3 Å². The molecule has 33 heavy (non-hydrogen) atoms. The first-order valence-electron chi connectivity index (χ1n) is 12.3. The fourth-order valence-electron chi connectivity index (χ4n) is 6.17. The summed E-state index contributed by atoms with van der Waals surface area (Å²) in [7, 11) is 0. The molecule has 0 aromatic rings. The first-order valence-corrected chi connectivity index (χ1v) is 12.3. The number of rotatable bonds is 5. The summed E-state index contributed by atoms with van der Waals surface area (Å²) in [5.41, 5.74) is 1.88. The summed E-state index contributed by atoms with van der Waals surface area (Å²) in [5, 5.41) is 9.22. The third-order valence-corrected chi connectivity index (χ3v) is 8.03. The molecule has 1 saturated carbocycles. The molecule has 180 valence electrons. The van der Waals surface area contributed by atoms with Crippen molar-refractivity contribution in [2.45, 2.75) is 79.8 Å². The molecule has 0 spiro atoms. The van der Waals surface area contributed by atoms with Crippen molar-refractivity contribution < 1.29 is 19.1 Å². The van der Waals surface area contributed by atoms with E-state index < -0.39 is 0 Å². The second-order valence-corrected chi connectivity index (χ2v) is 10.8. The lowest BCUT2D eigenvalue weighted by Crippen LogP contribution is -2.51. The molecule has 1 fully saturated rings. The minimum absolute atomic E-state index is 0.00879. The summed E-state index contributed by atoms with van der Waals surface area (Å²) >= 11 is 0. The Morgan fingerprint density at radius 1 is 1.27 bits per heavy atom. The van der Waals surface area contributed by atoms with Crippen molar-refractivity contribution in [1.82, 2.24) is 4.90 Å². The predicted molar refractivity (Wildman–Crippen MR) is 125 cm³/mol. The molecule has 2 aliphatic carbocycles. The highest BCUT2D eigenvalue weighted by molar-refractivity contribution is 6.02. The van der Waals surface area contributed by atoms with E-state index in [1.807, 2.05) is 27.7 Å². The van der Waals surface area contributed by atoms with Crippen LogP contribution in [-0.4, -0.2) is 35.3 Å². The quantitative estimate of drug-likeness (QED) is 0.439. The second kappa shape index (κ2) is 9.83. The van der Waals surface area contributed by atoms with Crippen LogP contribution in [0.25, 0.3) is 0 Å². The maximum absolute atomic E-state index is 13.0. The standard InChI is InChI=1S/C27H38N2O4/c1-16(2)25(31)29-13-11-27(6)19(15-23(29)30)9-10-21-20(8-7-12-28)18(5)14-22(24(21)27)33-26(32)17(3)4/h14-17,20-22,24H,7-11,13H2,1-6H3. The zero-order chi connectivity index (χ0) is 24.5. The number of esters is 1. The number of carbonyl (C=O) groups excluding carboxylic acids is 3. The van der Waals surface area contributed by atoms with Gasteiger partial charge in [0.25, 0.3) is 5.91 Å². The van der Waals surface area contributed by atoms with Gasteiger partial charge in [0.05, 0.1) is 12.0 Å². The number of hydrogen-bond acceptors (Lipinski definition) is 5. The van der Waals surface area contributed by atoms with E-state index in [0.717, 1.165) is 24.8 Å². The summed E-state index contributed by atoms with van der Waals surface area (Å²) in [6.07, 6.45) is 6.99. The predicted octanol–water partition coefficient (Wildman–Crippen LogP) is 4.81. The third-order valence-electron chi connectivity index (χ3n) is 8.03. The van der Waals surface area contributed by atoms with Crippen molar-refractivity contribution in [3.63, 3.8) is 0 Å². The summed E-state index contributed by atoms with van der Waals surface area (Å²) in [5.74, 6) is -0.547. The summed E-state index contributed by atoms with van der Waals surface area (Å²) in [6, 6.07) is 2.29. The molecule has 1 aliphatic heterocycles. The molecular weight excluding hydrogens is 416 g/mol. The number of imide groups is 1. The Morgan fingerprint density at radius 3 is 2.58 bits per heavy atom. The van der Waals surface area contributed by atoms with E-state index in [1.54, 1.807) is 6.08 Å². The first-order chi connectivity index (χ1) is 15.5. The van der Waals surface area contributed by atoms with Gasteiger partial charge in [-0.25, -0.2) is 0 Å². The van der Waals surface area contributed by atoms with Gasteiger partial charge in [0, 0.05) is 30.9 Å². The molecule has 3 rings (SSSR count). The van der Waals surface area contributed by atoms with Crippen LogP contribution in [0.15, 0.2) is 23.3 Å². The molecule has 0 N–H and O–H groups in total. The Kier molecular flexibility index (Phi) is 7.51. The molecule has 6 heteroatoms. The van der Waals surface area contributed by atoms with Crippen molar-refractivity contribution in [1.29, 1.82) is 5.26 Å². The smallest absolute Gasteiger partial charge is 0.308 e. The van der Waals surface area contributed by atoms with E-state index in [2.05, 4.69) is 26.0 Å². The van der Waals surface area contributed by atoms with Gasteiger partial charge in [-0.2, -0.15) is 5.26 Å². The minimum Gasteiger partial charge on any atom is -0.458 e. The summed E-state index contributed by atoms with van der Waals surface area (Å²) in [6.45, 7) is 11.9. The number of amides is 2. The average molecular weight is 455 g/mol. The lowest BCUT2D eigenvalue weighted by Gasteiger charge is -2.54. The van der Waals surface area contributed by atoms with E-state index in [0.29, 0.717) is 19.4 Å². The maximum Gasteiger partial charge on any atom is 0.308 e. The molecule has 0 bridgehead atoms. The van der Waals surface area contributed by atoms with Crippen molar-refractivity contribution >= 4 is 17.8 Å². The van der Waals surface area contributed by atoms with E-state index in [-0.39, 0.29) is 58.9 Å². The largest absolute Gasteiger partial charge is 0.458 e. The molecule has 0 aromatic carbocycles. The molecule has 0 saturated heterocycles. The first kappa shape index (κ1) is 25.2. The van der Waals surface area contributed by atoms with Gasteiger partial charge in [-0.05, 0) is 55.9 Å². The molecular formula is C27H38N2O4. The normalized spacial score (nSPS) is 31.7. The number of nitrogens with zero attached hydrogens (tertiary/aromatic N) is 2. The Bertz CT molecular complexity index is 910. The summed E-state index contributed by atoms with van der Waals surface area (Å²) < 4.78 is 6.07. The Balaban J connectivity index is 2.04.